The summed E-state index contributed by atoms with van der Waals surface area (Å²) in [5.41, 5.74) is -0.390. The van der Waals surface area contributed by atoms with Crippen molar-refractivity contribution in [2.45, 2.75) is 50.2 Å². The smallest absolute Gasteiger partial charge is 0.244 e. The first kappa shape index (κ1) is 12.9. The van der Waals surface area contributed by atoms with Crippen LogP contribution in [0.1, 0.15) is 56.2 Å². The Morgan fingerprint density at radius 3 is 2.76 bits per heavy atom. The molecule has 21 heavy (non-hydrogen) atoms. The molecule has 2 aliphatic carbocycles. The highest BCUT2D eigenvalue weighted by Gasteiger charge is 2.54. The van der Waals surface area contributed by atoms with Crippen LogP contribution in [0.4, 0.5) is 0 Å². The van der Waals surface area contributed by atoms with E-state index in [0.717, 1.165) is 32.2 Å². The molecule has 110 valence electrons. The Kier molecular flexibility index (Phi) is 2.83. The topological polar surface area (TPSA) is 69.3 Å². The lowest BCUT2D eigenvalue weighted by Crippen LogP contribution is -2.44. The van der Waals surface area contributed by atoms with Gasteiger partial charge in [-0.1, -0.05) is 12.8 Å². The molecule has 5 nitrogen and oxygen atoms in total. The number of amides is 1. The number of furan rings is 1. The van der Waals surface area contributed by atoms with Crippen molar-refractivity contribution < 1.29 is 9.21 Å². The summed E-state index contributed by atoms with van der Waals surface area (Å²) in [6.07, 6.45) is 6.24. The fraction of sp³-hybridized carbons (Fsp3) is 0.625. The number of nitrogens with one attached hydrogen (secondary N) is 1. The normalized spacial score (nSPS) is 27.5. The maximum absolute atomic E-state index is 12.9. The highest BCUT2D eigenvalue weighted by atomic mass is 16.3. The van der Waals surface area contributed by atoms with Crippen LogP contribution >= 0.6 is 0 Å². The van der Waals surface area contributed by atoms with Crippen LogP contribution in [0.2, 0.25) is 0 Å². The third-order valence-corrected chi connectivity index (χ3v) is 5.01. The molecule has 1 saturated heterocycles. The van der Waals surface area contributed by atoms with Crippen LogP contribution in [0.3, 0.4) is 0 Å². The zero-order valence-electron chi connectivity index (χ0n) is 12.0. The molecule has 3 fully saturated rings. The molecule has 1 atom stereocenters. The molecular formula is C16H19N3O2. The number of carbonyl (C=O) groups is 1. The Morgan fingerprint density at radius 1 is 1.38 bits per heavy atom. The van der Waals surface area contributed by atoms with Crippen molar-refractivity contribution in [3.63, 3.8) is 0 Å². The van der Waals surface area contributed by atoms with Gasteiger partial charge in [0.25, 0.3) is 0 Å². The molecule has 1 aromatic rings. The molecule has 1 spiro atoms. The Morgan fingerprint density at radius 2 is 2.14 bits per heavy atom. The van der Waals surface area contributed by atoms with Crippen LogP contribution in [-0.2, 0) is 4.79 Å². The minimum absolute atomic E-state index is 0.210. The van der Waals surface area contributed by atoms with Gasteiger partial charge in [-0.05, 0) is 43.7 Å². The van der Waals surface area contributed by atoms with Crippen molar-refractivity contribution in [3.8, 4) is 6.07 Å². The highest BCUT2D eigenvalue weighted by molar-refractivity contribution is 5.89. The number of rotatable bonds is 3. The van der Waals surface area contributed by atoms with Crippen molar-refractivity contribution in [2.75, 3.05) is 6.54 Å². The molecule has 0 bridgehead atoms. The minimum atomic E-state index is -0.390. The minimum Gasteiger partial charge on any atom is -0.447 e. The van der Waals surface area contributed by atoms with E-state index in [9.17, 15) is 4.79 Å². The zero-order chi connectivity index (χ0) is 14.4. The molecule has 1 aliphatic heterocycles. The fourth-order valence-corrected chi connectivity index (χ4v) is 3.68. The summed E-state index contributed by atoms with van der Waals surface area (Å²) in [7, 11) is 0. The molecule has 1 amide bonds. The number of nitrogens with zero attached hydrogens (tertiary/aromatic N) is 2. The summed E-state index contributed by atoms with van der Waals surface area (Å²) >= 11 is 0. The maximum Gasteiger partial charge on any atom is 0.244 e. The number of carbonyl (C=O) groups excluding carboxylic acids is 1. The van der Waals surface area contributed by atoms with Crippen LogP contribution in [0.5, 0.6) is 0 Å². The van der Waals surface area contributed by atoms with Crippen molar-refractivity contribution >= 4 is 5.91 Å². The molecule has 2 saturated carbocycles. The Labute approximate surface area is 123 Å². The van der Waals surface area contributed by atoms with Crippen molar-refractivity contribution in [1.29, 1.82) is 5.26 Å². The molecule has 4 rings (SSSR count). The lowest BCUT2D eigenvalue weighted by atomic mass is 9.98. The van der Waals surface area contributed by atoms with Crippen LogP contribution in [-0.4, -0.2) is 22.9 Å². The largest absolute Gasteiger partial charge is 0.447 e. The molecule has 3 aliphatic rings. The predicted octanol–water partition coefficient (Wildman–Crippen LogP) is 2.30. The van der Waals surface area contributed by atoms with Gasteiger partial charge >= 0.3 is 0 Å². The molecule has 0 unspecified atom stereocenters. The molecular weight excluding hydrogens is 266 g/mol. The average molecular weight is 285 g/mol. The lowest BCUT2D eigenvalue weighted by Gasteiger charge is -2.22. The van der Waals surface area contributed by atoms with Crippen molar-refractivity contribution in [1.82, 2.24) is 10.2 Å². The van der Waals surface area contributed by atoms with E-state index >= 15 is 0 Å². The zero-order valence-corrected chi connectivity index (χ0v) is 12.0. The van der Waals surface area contributed by atoms with E-state index in [0.29, 0.717) is 17.4 Å². The summed E-state index contributed by atoms with van der Waals surface area (Å²) < 4.78 is 5.58. The third kappa shape index (κ3) is 2.06. The van der Waals surface area contributed by atoms with Crippen LogP contribution in [0, 0.1) is 17.2 Å². The van der Waals surface area contributed by atoms with Gasteiger partial charge < -0.3 is 9.32 Å². The van der Waals surface area contributed by atoms with Gasteiger partial charge in [0.05, 0.1) is 5.54 Å². The summed E-state index contributed by atoms with van der Waals surface area (Å²) in [5, 5.41) is 12.5. The van der Waals surface area contributed by atoms with Gasteiger partial charge in [0.2, 0.25) is 11.7 Å². The molecule has 1 aromatic heterocycles. The average Bonchev–Trinajstić information content (AvgIpc) is 2.92. The molecule has 5 heteroatoms. The quantitative estimate of drug-likeness (QED) is 0.925. The van der Waals surface area contributed by atoms with Gasteiger partial charge in [-0.3, -0.25) is 10.1 Å². The Bertz CT molecular complexity index is 605. The van der Waals surface area contributed by atoms with E-state index in [-0.39, 0.29) is 17.6 Å². The lowest BCUT2D eigenvalue weighted by molar-refractivity contribution is -0.133. The second kappa shape index (κ2) is 4.60. The van der Waals surface area contributed by atoms with Gasteiger partial charge in [-0.2, -0.15) is 5.26 Å². The van der Waals surface area contributed by atoms with E-state index < -0.39 is 0 Å². The second-order valence-corrected chi connectivity index (χ2v) is 6.55. The van der Waals surface area contributed by atoms with Crippen molar-refractivity contribution in [2.24, 2.45) is 5.92 Å². The van der Waals surface area contributed by atoms with Crippen molar-refractivity contribution in [3.05, 3.63) is 23.7 Å². The summed E-state index contributed by atoms with van der Waals surface area (Å²) in [5.74, 6) is 1.86. The van der Waals surface area contributed by atoms with Gasteiger partial charge in [-0.25, -0.2) is 0 Å². The summed E-state index contributed by atoms with van der Waals surface area (Å²) in [6.45, 7) is 0.806. The van der Waals surface area contributed by atoms with E-state index in [1.165, 1.54) is 12.8 Å². The van der Waals surface area contributed by atoms with E-state index in [4.69, 9.17) is 9.68 Å². The monoisotopic (exact) mass is 285 g/mol. The van der Waals surface area contributed by atoms with E-state index in [1.807, 2.05) is 17.0 Å². The van der Waals surface area contributed by atoms with Crippen LogP contribution in [0.25, 0.3) is 0 Å². The van der Waals surface area contributed by atoms with Gasteiger partial charge in [0.1, 0.15) is 18.0 Å². The predicted molar refractivity (Wildman–Crippen MR) is 74.9 cm³/mol. The maximum atomic E-state index is 12.9. The molecule has 1 N–H and O–H groups in total. The third-order valence-electron chi connectivity index (χ3n) is 5.01. The standard InChI is InChI=1S/C16H19N3O2/c17-9-12-5-6-13(21-12)14-18-16(7-1-2-8-16)15(20)19(14)10-11-3-4-11/h5-6,11,14,18H,1-4,7-8,10H2/t14-/m1/s1. The first-order valence-electron chi connectivity index (χ1n) is 7.80. The van der Waals surface area contributed by atoms with Gasteiger partial charge in [0.15, 0.2) is 0 Å². The SMILES string of the molecule is N#Cc1ccc([C@@H]2NC3(CCCC3)C(=O)N2CC2CC2)o1. The van der Waals surface area contributed by atoms with E-state index in [2.05, 4.69) is 5.32 Å². The van der Waals surface area contributed by atoms with Gasteiger partial charge in [0, 0.05) is 6.54 Å². The molecule has 0 aromatic carbocycles. The second-order valence-electron chi connectivity index (χ2n) is 6.55. The van der Waals surface area contributed by atoms with Crippen LogP contribution < -0.4 is 5.32 Å². The first-order chi connectivity index (χ1) is 10.2. The number of hydrogen-bond acceptors (Lipinski definition) is 4. The summed E-state index contributed by atoms with van der Waals surface area (Å²) in [4.78, 5) is 14.9. The van der Waals surface area contributed by atoms with Gasteiger partial charge in [-0.15, -0.1) is 0 Å². The highest BCUT2D eigenvalue weighted by Crippen LogP contribution is 2.43. The van der Waals surface area contributed by atoms with E-state index in [1.54, 1.807) is 6.07 Å². The number of hydrogen-bond donors (Lipinski definition) is 1. The first-order valence-corrected chi connectivity index (χ1v) is 7.80. The molecule has 0 radical (unpaired) electrons. The summed E-state index contributed by atoms with van der Waals surface area (Å²) in [6, 6.07) is 5.51. The molecule has 2 heterocycles. The number of nitriles is 1. The Balaban J connectivity index is 1.66. The van der Waals surface area contributed by atoms with Crippen LogP contribution in [0.15, 0.2) is 16.5 Å². The Hall–Kier alpha value is -1.80. The fourth-order valence-electron chi connectivity index (χ4n) is 3.68.